The van der Waals surface area contributed by atoms with E-state index in [0.717, 1.165) is 24.3 Å². The van der Waals surface area contributed by atoms with Gasteiger partial charge in [0.1, 0.15) is 0 Å². The molecule has 174 valence electrons. The Bertz CT molecular complexity index is 858. The molecule has 2 aliphatic carbocycles. The van der Waals surface area contributed by atoms with Gasteiger partial charge in [-0.15, -0.1) is 0 Å². The third-order valence-corrected chi connectivity index (χ3v) is 9.15. The van der Waals surface area contributed by atoms with E-state index in [1.165, 1.54) is 49.7 Å². The van der Waals surface area contributed by atoms with Crippen molar-refractivity contribution in [1.82, 2.24) is 4.90 Å². The summed E-state index contributed by atoms with van der Waals surface area (Å²) in [5.74, 6) is 2.37. The Morgan fingerprint density at radius 1 is 1.00 bits per heavy atom. The lowest BCUT2D eigenvalue weighted by molar-refractivity contribution is -0.129. The van der Waals surface area contributed by atoms with Crippen LogP contribution in [0.1, 0.15) is 96.7 Å². The van der Waals surface area contributed by atoms with Gasteiger partial charge in [-0.2, -0.15) is 0 Å². The number of hydrogen-bond donors (Lipinski definition) is 0. The fourth-order valence-electron chi connectivity index (χ4n) is 6.56. The van der Waals surface area contributed by atoms with E-state index in [1.807, 2.05) is 0 Å². The van der Waals surface area contributed by atoms with Crippen LogP contribution in [-0.2, 0) is 20.5 Å². The zero-order valence-electron chi connectivity index (χ0n) is 20.7. The van der Waals surface area contributed by atoms with Crippen LogP contribution >= 0.6 is 0 Å². The molecule has 2 aliphatic heterocycles. The highest BCUT2D eigenvalue weighted by Gasteiger charge is 2.52. The maximum atomic E-state index is 13.0. The van der Waals surface area contributed by atoms with Crippen LogP contribution < -0.4 is 5.46 Å². The molecular formula is C27H40BNO3. The van der Waals surface area contributed by atoms with Gasteiger partial charge in [-0.25, -0.2) is 0 Å². The summed E-state index contributed by atoms with van der Waals surface area (Å²) in [6, 6.07) is 6.95. The topological polar surface area (TPSA) is 38.8 Å². The predicted octanol–water partition coefficient (Wildman–Crippen LogP) is 5.04. The van der Waals surface area contributed by atoms with Crippen LogP contribution in [0, 0.1) is 17.8 Å². The molecule has 1 aromatic rings. The molecule has 2 saturated heterocycles. The Morgan fingerprint density at radius 3 is 2.31 bits per heavy atom. The Balaban J connectivity index is 1.33. The number of hydrogen-bond acceptors (Lipinski definition) is 3. The largest absolute Gasteiger partial charge is 0.494 e. The Kier molecular flexibility index (Phi) is 5.73. The molecule has 4 aliphatic rings. The molecule has 1 amide bonds. The highest BCUT2D eigenvalue weighted by Crippen LogP contribution is 2.48. The summed E-state index contributed by atoms with van der Waals surface area (Å²) >= 11 is 0. The van der Waals surface area contributed by atoms with Crippen LogP contribution in [-0.4, -0.2) is 35.7 Å². The van der Waals surface area contributed by atoms with E-state index in [1.54, 1.807) is 0 Å². The molecule has 0 N–H and O–H groups in total. The van der Waals surface area contributed by atoms with Gasteiger partial charge in [0.05, 0.1) is 17.2 Å². The van der Waals surface area contributed by atoms with Crippen LogP contribution in [0.5, 0.6) is 0 Å². The van der Waals surface area contributed by atoms with Crippen LogP contribution in [0.25, 0.3) is 0 Å². The number of benzene rings is 1. The molecule has 0 radical (unpaired) electrons. The number of fused-ring (bicyclic) bond motifs is 3. The average Bonchev–Trinajstić information content (AvgIpc) is 3.30. The molecule has 0 aromatic heterocycles. The molecule has 4 nitrogen and oxygen atoms in total. The van der Waals surface area contributed by atoms with Crippen molar-refractivity contribution in [3.63, 3.8) is 0 Å². The van der Waals surface area contributed by atoms with Crippen molar-refractivity contribution < 1.29 is 14.1 Å². The summed E-state index contributed by atoms with van der Waals surface area (Å²) in [6.45, 7) is 11.6. The highest BCUT2D eigenvalue weighted by molar-refractivity contribution is 6.62. The first-order valence-corrected chi connectivity index (χ1v) is 13.0. The van der Waals surface area contributed by atoms with E-state index in [0.29, 0.717) is 24.2 Å². The molecular weight excluding hydrogens is 397 g/mol. The second-order valence-electron chi connectivity index (χ2n) is 11.9. The smallest absolute Gasteiger partial charge is 0.399 e. The molecule has 2 atom stereocenters. The van der Waals surface area contributed by atoms with Crippen LogP contribution in [0.3, 0.4) is 0 Å². The van der Waals surface area contributed by atoms with Crippen molar-refractivity contribution in [3.05, 3.63) is 29.3 Å². The van der Waals surface area contributed by atoms with Gasteiger partial charge < -0.3 is 14.2 Å². The molecule has 5 heteroatoms. The minimum absolute atomic E-state index is 0.244. The summed E-state index contributed by atoms with van der Waals surface area (Å²) in [6.07, 6.45) is 9.65. The number of carbonyl (C=O) groups is 1. The summed E-state index contributed by atoms with van der Waals surface area (Å²) in [5, 5.41) is 0. The first kappa shape index (κ1) is 22.5. The summed E-state index contributed by atoms with van der Waals surface area (Å²) in [5.41, 5.74) is 3.15. The van der Waals surface area contributed by atoms with Crippen molar-refractivity contribution in [1.29, 1.82) is 0 Å². The molecule has 32 heavy (non-hydrogen) atoms. The zero-order valence-corrected chi connectivity index (χ0v) is 20.7. The van der Waals surface area contributed by atoms with Crippen molar-refractivity contribution in [2.75, 3.05) is 6.54 Å². The van der Waals surface area contributed by atoms with E-state index in [9.17, 15) is 4.79 Å². The van der Waals surface area contributed by atoms with Crippen LogP contribution in [0.4, 0.5) is 0 Å². The number of amides is 1. The average molecular weight is 437 g/mol. The predicted molar refractivity (Wildman–Crippen MR) is 129 cm³/mol. The second kappa shape index (κ2) is 8.16. The van der Waals surface area contributed by atoms with Crippen molar-refractivity contribution in [3.8, 4) is 0 Å². The minimum Gasteiger partial charge on any atom is -0.399 e. The van der Waals surface area contributed by atoms with Gasteiger partial charge in [0.15, 0.2) is 0 Å². The van der Waals surface area contributed by atoms with Gasteiger partial charge in [-0.1, -0.05) is 50.8 Å². The van der Waals surface area contributed by atoms with E-state index in [-0.39, 0.29) is 24.4 Å². The monoisotopic (exact) mass is 437 g/mol. The van der Waals surface area contributed by atoms with Gasteiger partial charge in [-0.05, 0) is 81.3 Å². The minimum atomic E-state index is -0.344. The summed E-state index contributed by atoms with van der Waals surface area (Å²) in [7, 11) is -0.344. The molecule has 2 unspecified atom stereocenters. The number of nitrogens with zero attached hydrogens (tertiary/aromatic N) is 1. The van der Waals surface area contributed by atoms with Gasteiger partial charge in [0, 0.05) is 13.0 Å². The number of likely N-dealkylation sites (tertiary alicyclic amines) is 1. The molecule has 0 spiro atoms. The van der Waals surface area contributed by atoms with Gasteiger partial charge >= 0.3 is 7.12 Å². The second-order valence-corrected chi connectivity index (χ2v) is 11.9. The quantitative estimate of drug-likeness (QED) is 0.606. The molecule has 0 bridgehead atoms. The third-order valence-electron chi connectivity index (χ3n) is 9.15. The number of carbonyl (C=O) groups excluding carboxylic acids is 1. The molecule has 5 rings (SSSR count). The van der Waals surface area contributed by atoms with E-state index in [2.05, 4.69) is 57.7 Å². The standard InChI is InChI=1S/C27H40BNO3/c1-6-7-18-8-10-19(11-9-18)17-29-24(30)15-21-14-20-12-13-22(16-23(20)25(21)29)28-31-26(2,3)27(4,5)32-28/h12-13,16,18-19,21,25H,6-11,14-15,17H2,1-5H3. The van der Waals surface area contributed by atoms with E-state index < -0.39 is 0 Å². The van der Waals surface area contributed by atoms with Gasteiger partial charge in [0.25, 0.3) is 0 Å². The first-order valence-electron chi connectivity index (χ1n) is 13.0. The Labute approximate surface area is 194 Å². The van der Waals surface area contributed by atoms with Gasteiger partial charge in [-0.3, -0.25) is 4.79 Å². The lowest BCUT2D eigenvalue weighted by atomic mass is 9.77. The lowest BCUT2D eigenvalue weighted by Crippen LogP contribution is -2.41. The van der Waals surface area contributed by atoms with E-state index >= 15 is 0 Å². The van der Waals surface area contributed by atoms with Crippen LogP contribution in [0.15, 0.2) is 18.2 Å². The maximum Gasteiger partial charge on any atom is 0.494 e. The van der Waals surface area contributed by atoms with E-state index in [4.69, 9.17) is 9.31 Å². The first-order chi connectivity index (χ1) is 15.2. The highest BCUT2D eigenvalue weighted by atomic mass is 16.7. The number of rotatable bonds is 5. The van der Waals surface area contributed by atoms with Crippen LogP contribution in [0.2, 0.25) is 0 Å². The maximum absolute atomic E-state index is 13.0. The lowest BCUT2D eigenvalue weighted by Gasteiger charge is -2.34. The Morgan fingerprint density at radius 2 is 1.66 bits per heavy atom. The van der Waals surface area contributed by atoms with Crippen molar-refractivity contribution in [2.24, 2.45) is 17.8 Å². The fraction of sp³-hybridized carbons (Fsp3) is 0.741. The molecule has 1 saturated carbocycles. The summed E-state index contributed by atoms with van der Waals surface area (Å²) < 4.78 is 12.6. The SMILES string of the molecule is CCCC1CCC(CN2C(=O)CC3Cc4ccc(B5OC(C)(C)C(C)(C)O5)cc4C32)CC1. The Hall–Kier alpha value is -1.33. The molecule has 3 fully saturated rings. The molecule has 1 aromatic carbocycles. The zero-order chi connectivity index (χ0) is 22.7. The van der Waals surface area contributed by atoms with Crippen molar-refractivity contribution >= 4 is 18.5 Å². The summed E-state index contributed by atoms with van der Waals surface area (Å²) in [4.78, 5) is 15.3. The third kappa shape index (κ3) is 3.84. The van der Waals surface area contributed by atoms with Gasteiger partial charge in [0.2, 0.25) is 5.91 Å². The molecule has 2 heterocycles. The van der Waals surface area contributed by atoms with Crippen molar-refractivity contribution in [2.45, 2.75) is 103 Å². The fourth-order valence-corrected chi connectivity index (χ4v) is 6.56. The normalized spacial score (nSPS) is 33.0.